The van der Waals surface area contributed by atoms with E-state index in [0.29, 0.717) is 6.42 Å². The summed E-state index contributed by atoms with van der Waals surface area (Å²) in [6, 6.07) is 0. The van der Waals surface area contributed by atoms with E-state index >= 15 is 0 Å². The van der Waals surface area contributed by atoms with Crippen molar-refractivity contribution in [3.05, 3.63) is 24.3 Å². The standard InChI is InChI=1S/C15H22O3/c1-10-5-4-7-14(3)8-6-12(9-15(10,14)18)11(2)13(16)17/h12,18H,1-2,4-9H2,3H3,(H,16,17). The van der Waals surface area contributed by atoms with Gasteiger partial charge >= 0.3 is 5.97 Å². The number of carboxylic acids is 1. The fourth-order valence-corrected chi connectivity index (χ4v) is 3.68. The van der Waals surface area contributed by atoms with Crippen LogP contribution in [0.25, 0.3) is 0 Å². The fraction of sp³-hybridized carbons (Fsp3) is 0.667. The molecule has 3 nitrogen and oxygen atoms in total. The lowest BCUT2D eigenvalue weighted by Crippen LogP contribution is -2.54. The molecule has 2 aliphatic carbocycles. The predicted molar refractivity (Wildman–Crippen MR) is 70.2 cm³/mol. The smallest absolute Gasteiger partial charge is 0.331 e. The Kier molecular flexibility index (Phi) is 3.14. The summed E-state index contributed by atoms with van der Waals surface area (Å²) in [5, 5.41) is 20.0. The van der Waals surface area contributed by atoms with Crippen molar-refractivity contribution in [2.45, 2.75) is 51.0 Å². The van der Waals surface area contributed by atoms with Gasteiger partial charge in [-0.3, -0.25) is 0 Å². The van der Waals surface area contributed by atoms with Crippen LogP contribution in [-0.2, 0) is 4.79 Å². The average molecular weight is 250 g/mol. The van der Waals surface area contributed by atoms with Gasteiger partial charge in [0.15, 0.2) is 0 Å². The summed E-state index contributed by atoms with van der Waals surface area (Å²) in [5.74, 6) is -1.08. The maximum absolute atomic E-state index is 11.0. The third-order valence-electron chi connectivity index (χ3n) is 5.14. The molecule has 0 aromatic rings. The van der Waals surface area contributed by atoms with Crippen LogP contribution in [0.3, 0.4) is 0 Å². The molecule has 0 radical (unpaired) electrons. The molecule has 2 N–H and O–H groups in total. The van der Waals surface area contributed by atoms with E-state index in [1.165, 1.54) is 0 Å². The Morgan fingerprint density at radius 2 is 2.11 bits per heavy atom. The average Bonchev–Trinajstić information content (AvgIpc) is 2.30. The number of rotatable bonds is 2. The molecular formula is C15H22O3. The van der Waals surface area contributed by atoms with Gasteiger partial charge in [-0.15, -0.1) is 0 Å². The molecule has 100 valence electrons. The number of hydrogen-bond donors (Lipinski definition) is 2. The van der Waals surface area contributed by atoms with Gasteiger partial charge < -0.3 is 10.2 Å². The van der Waals surface area contributed by atoms with Gasteiger partial charge in [0, 0.05) is 11.0 Å². The molecule has 3 unspecified atom stereocenters. The highest BCUT2D eigenvalue weighted by molar-refractivity contribution is 5.86. The fourth-order valence-electron chi connectivity index (χ4n) is 3.68. The predicted octanol–water partition coefficient (Wildman–Crippen LogP) is 2.90. The minimum absolute atomic E-state index is 0.129. The first kappa shape index (κ1) is 13.3. The maximum Gasteiger partial charge on any atom is 0.331 e. The van der Waals surface area contributed by atoms with Crippen molar-refractivity contribution in [3.63, 3.8) is 0 Å². The van der Waals surface area contributed by atoms with E-state index in [1.54, 1.807) is 0 Å². The lowest BCUT2D eigenvalue weighted by atomic mass is 9.53. The van der Waals surface area contributed by atoms with Crippen molar-refractivity contribution < 1.29 is 15.0 Å². The van der Waals surface area contributed by atoms with E-state index in [4.69, 9.17) is 5.11 Å². The quantitative estimate of drug-likeness (QED) is 0.585. The molecule has 3 heteroatoms. The van der Waals surface area contributed by atoms with Crippen LogP contribution in [0.15, 0.2) is 24.3 Å². The van der Waals surface area contributed by atoms with E-state index < -0.39 is 11.6 Å². The van der Waals surface area contributed by atoms with Crippen LogP contribution < -0.4 is 0 Å². The van der Waals surface area contributed by atoms with Crippen LogP contribution in [0.1, 0.15) is 45.4 Å². The van der Waals surface area contributed by atoms with Crippen molar-refractivity contribution in [2.75, 3.05) is 0 Å². The van der Waals surface area contributed by atoms with Crippen molar-refractivity contribution in [1.29, 1.82) is 0 Å². The van der Waals surface area contributed by atoms with Crippen LogP contribution in [0, 0.1) is 11.3 Å². The summed E-state index contributed by atoms with van der Waals surface area (Å²) in [7, 11) is 0. The Balaban J connectivity index is 2.26. The number of aliphatic hydroxyl groups is 1. The second-order valence-corrected chi connectivity index (χ2v) is 6.15. The Labute approximate surface area is 108 Å². The number of hydrogen-bond acceptors (Lipinski definition) is 2. The molecule has 2 rings (SSSR count). The SMILES string of the molecule is C=C(C(=O)O)C1CCC2(C)CCCC(=C)C2(O)C1. The molecule has 0 aliphatic heterocycles. The topological polar surface area (TPSA) is 57.5 Å². The van der Waals surface area contributed by atoms with Crippen molar-refractivity contribution in [2.24, 2.45) is 11.3 Å². The summed E-state index contributed by atoms with van der Waals surface area (Å²) in [6.45, 7) is 9.79. The molecule has 0 bridgehead atoms. The van der Waals surface area contributed by atoms with Crippen LogP contribution >= 0.6 is 0 Å². The van der Waals surface area contributed by atoms with Crippen LogP contribution in [0.4, 0.5) is 0 Å². The highest BCUT2D eigenvalue weighted by atomic mass is 16.4. The zero-order valence-electron chi connectivity index (χ0n) is 11.0. The van der Waals surface area contributed by atoms with E-state index in [-0.39, 0.29) is 16.9 Å². The van der Waals surface area contributed by atoms with Gasteiger partial charge in [0.05, 0.1) is 5.60 Å². The molecule has 18 heavy (non-hydrogen) atoms. The molecule has 2 aliphatic rings. The van der Waals surface area contributed by atoms with Crippen LogP contribution in [0.2, 0.25) is 0 Å². The normalized spacial score (nSPS) is 40.1. The Morgan fingerprint density at radius 1 is 1.44 bits per heavy atom. The monoisotopic (exact) mass is 250 g/mol. The molecule has 0 aromatic carbocycles. The summed E-state index contributed by atoms with van der Waals surface area (Å²) in [6.07, 6.45) is 5.03. The summed E-state index contributed by atoms with van der Waals surface area (Å²) >= 11 is 0. The lowest BCUT2D eigenvalue weighted by molar-refractivity contribution is -0.135. The first-order chi connectivity index (χ1) is 8.30. The molecule has 0 spiro atoms. The molecular weight excluding hydrogens is 228 g/mol. The van der Waals surface area contributed by atoms with Crippen molar-refractivity contribution in [3.8, 4) is 0 Å². The van der Waals surface area contributed by atoms with Crippen LogP contribution in [-0.4, -0.2) is 21.8 Å². The maximum atomic E-state index is 11.0. The van der Waals surface area contributed by atoms with Crippen molar-refractivity contribution >= 4 is 5.97 Å². The third kappa shape index (κ3) is 1.81. The highest BCUT2D eigenvalue weighted by Gasteiger charge is 2.54. The van der Waals surface area contributed by atoms with Gasteiger partial charge in [-0.2, -0.15) is 0 Å². The Morgan fingerprint density at radius 3 is 2.72 bits per heavy atom. The van der Waals surface area contributed by atoms with Gasteiger partial charge in [-0.1, -0.05) is 20.1 Å². The van der Waals surface area contributed by atoms with E-state index in [9.17, 15) is 9.90 Å². The molecule has 2 saturated carbocycles. The summed E-state index contributed by atoms with van der Waals surface area (Å²) in [4.78, 5) is 11.0. The number of aliphatic carboxylic acids is 1. The van der Waals surface area contributed by atoms with E-state index in [0.717, 1.165) is 37.7 Å². The minimum Gasteiger partial charge on any atom is -0.478 e. The molecule has 0 heterocycles. The van der Waals surface area contributed by atoms with Gasteiger partial charge in [-0.05, 0) is 50.0 Å². The molecule has 0 saturated heterocycles. The van der Waals surface area contributed by atoms with Gasteiger partial charge in [0.25, 0.3) is 0 Å². The third-order valence-corrected chi connectivity index (χ3v) is 5.14. The van der Waals surface area contributed by atoms with E-state index in [2.05, 4.69) is 20.1 Å². The zero-order chi connectivity index (χ0) is 13.6. The molecule has 3 atom stereocenters. The summed E-state index contributed by atoms with van der Waals surface area (Å²) in [5.41, 5.74) is 0.0486. The zero-order valence-corrected chi connectivity index (χ0v) is 11.0. The van der Waals surface area contributed by atoms with Crippen LogP contribution in [0.5, 0.6) is 0 Å². The molecule has 0 aromatic heterocycles. The summed E-state index contributed by atoms with van der Waals surface area (Å²) < 4.78 is 0. The van der Waals surface area contributed by atoms with Crippen molar-refractivity contribution in [1.82, 2.24) is 0 Å². The largest absolute Gasteiger partial charge is 0.478 e. The second kappa shape index (κ2) is 4.23. The highest BCUT2D eigenvalue weighted by Crippen LogP contribution is 2.56. The number of carboxylic acid groups (broad SMARTS) is 1. The number of carbonyl (C=O) groups is 1. The van der Waals surface area contributed by atoms with Gasteiger partial charge in [0.1, 0.15) is 0 Å². The van der Waals surface area contributed by atoms with E-state index in [1.807, 2.05) is 0 Å². The first-order valence-corrected chi connectivity index (χ1v) is 6.63. The minimum atomic E-state index is -0.950. The Hall–Kier alpha value is -1.09. The molecule has 2 fully saturated rings. The second-order valence-electron chi connectivity index (χ2n) is 6.15. The number of fused-ring (bicyclic) bond motifs is 1. The molecule has 0 amide bonds. The Bertz CT molecular complexity index is 412. The first-order valence-electron chi connectivity index (χ1n) is 6.63. The van der Waals surface area contributed by atoms with Gasteiger partial charge in [-0.25, -0.2) is 4.79 Å². The van der Waals surface area contributed by atoms with Gasteiger partial charge in [0.2, 0.25) is 0 Å². The lowest BCUT2D eigenvalue weighted by Gasteiger charge is -2.55.